The number of carboxylic acid groups (broad SMARTS) is 1. The molecule has 0 aromatic heterocycles. The summed E-state index contributed by atoms with van der Waals surface area (Å²) in [5, 5.41) is 8.44. The second-order valence-corrected chi connectivity index (χ2v) is 2.66. The van der Waals surface area contributed by atoms with Gasteiger partial charge in [0.15, 0.2) is 11.9 Å². The maximum absolute atomic E-state index is 10.3. The summed E-state index contributed by atoms with van der Waals surface area (Å²) >= 11 is 0. The minimum atomic E-state index is -0.967. The van der Waals surface area contributed by atoms with Crippen molar-refractivity contribution in [3.63, 3.8) is 0 Å². The zero-order valence-electron chi connectivity index (χ0n) is 7.96. The van der Waals surface area contributed by atoms with Crippen molar-refractivity contribution >= 4 is 5.97 Å². The molecule has 1 aliphatic rings. The van der Waals surface area contributed by atoms with E-state index in [2.05, 4.69) is 0 Å². The molecule has 11 heavy (non-hydrogen) atoms. The molecule has 0 aromatic rings. The minimum Gasteiger partial charge on any atom is -1.00 e. The molecule has 0 saturated carbocycles. The second kappa shape index (κ2) is 3.87. The molecule has 0 spiro atoms. The Morgan fingerprint density at radius 2 is 2.27 bits per heavy atom. The van der Waals surface area contributed by atoms with E-state index < -0.39 is 17.9 Å². The number of hydrogen-bond donors (Lipinski definition) is 1. The molecule has 60 valence electrons. The van der Waals surface area contributed by atoms with Crippen LogP contribution in [0.2, 0.25) is 0 Å². The topological polar surface area (TPSA) is 55.8 Å². The number of carbonyl (C=O) groups is 1. The molecule has 5 heteroatoms. The monoisotopic (exact) mass is 170 g/mol. The van der Waals surface area contributed by atoms with Crippen LogP contribution in [-0.4, -0.2) is 29.6 Å². The van der Waals surface area contributed by atoms with Crippen molar-refractivity contribution in [3.05, 3.63) is 0 Å². The predicted molar refractivity (Wildman–Crippen MR) is 33.7 cm³/mol. The van der Waals surface area contributed by atoms with Crippen molar-refractivity contribution in [1.82, 2.24) is 0 Å². The van der Waals surface area contributed by atoms with Gasteiger partial charge in [-0.25, -0.2) is 4.79 Å². The zero-order valence-corrected chi connectivity index (χ0v) is 8.96. The molecule has 4 nitrogen and oxygen atoms in total. The van der Waals surface area contributed by atoms with Crippen LogP contribution in [0.25, 0.3) is 0 Å². The van der Waals surface area contributed by atoms with Gasteiger partial charge in [-0.1, -0.05) is 0 Å². The van der Waals surface area contributed by atoms with Gasteiger partial charge >= 0.3 is 35.5 Å². The third-order valence-electron chi connectivity index (χ3n) is 1.28. The summed E-state index contributed by atoms with van der Waals surface area (Å²) in [7, 11) is 0. The molecule has 1 fully saturated rings. The average Bonchev–Trinajstić information content (AvgIpc) is 2.10. The smallest absolute Gasteiger partial charge is 1.00 e. The third kappa shape index (κ3) is 3.09. The Morgan fingerprint density at radius 3 is 2.45 bits per heavy atom. The quantitative estimate of drug-likeness (QED) is 0.436. The van der Waals surface area contributed by atoms with Gasteiger partial charge in [-0.3, -0.25) is 0 Å². The van der Waals surface area contributed by atoms with E-state index in [0.717, 1.165) is 0 Å². The van der Waals surface area contributed by atoms with Crippen LogP contribution in [0.3, 0.4) is 0 Å². The Labute approximate surface area is 88.6 Å². The molecular formula is C6H11NaO4. The van der Waals surface area contributed by atoms with Gasteiger partial charge < -0.3 is 16.0 Å². The summed E-state index contributed by atoms with van der Waals surface area (Å²) in [4.78, 5) is 10.3. The van der Waals surface area contributed by atoms with Crippen molar-refractivity contribution in [3.8, 4) is 0 Å². The van der Waals surface area contributed by atoms with Gasteiger partial charge in [-0.05, 0) is 13.8 Å². The van der Waals surface area contributed by atoms with Gasteiger partial charge in [-0.2, -0.15) is 0 Å². The molecule has 0 bridgehead atoms. The van der Waals surface area contributed by atoms with E-state index in [1.807, 2.05) is 0 Å². The largest absolute Gasteiger partial charge is 1.00 e. The van der Waals surface area contributed by atoms with Gasteiger partial charge in [-0.15, -0.1) is 0 Å². The van der Waals surface area contributed by atoms with E-state index >= 15 is 0 Å². The molecule has 1 saturated heterocycles. The van der Waals surface area contributed by atoms with E-state index in [4.69, 9.17) is 14.6 Å². The predicted octanol–water partition coefficient (Wildman–Crippen LogP) is -2.66. The Kier molecular flexibility index (Phi) is 4.00. The second-order valence-electron chi connectivity index (χ2n) is 2.66. The molecule has 1 N–H and O–H groups in total. The number of rotatable bonds is 1. The molecule has 0 unspecified atom stereocenters. The van der Waals surface area contributed by atoms with Gasteiger partial charge in [0.2, 0.25) is 0 Å². The number of ether oxygens (including phenoxy) is 2. The first kappa shape index (κ1) is 11.4. The van der Waals surface area contributed by atoms with Crippen molar-refractivity contribution in [2.24, 2.45) is 0 Å². The molecule has 1 heterocycles. The summed E-state index contributed by atoms with van der Waals surface area (Å²) in [5.41, 5.74) is 0. The van der Waals surface area contributed by atoms with Gasteiger partial charge in [0.05, 0.1) is 6.61 Å². The van der Waals surface area contributed by atoms with E-state index in [-0.39, 0.29) is 37.6 Å². The standard InChI is InChI=1S/C6H10O4.Na.H/c1-6(2)9-3-4(10-6)5(7)8;;/h4H,3H2,1-2H3,(H,7,8);;/q;+1;-1/t4-;;/m1../s1. The van der Waals surface area contributed by atoms with E-state index in [1.165, 1.54) is 0 Å². The fraction of sp³-hybridized carbons (Fsp3) is 0.833. The van der Waals surface area contributed by atoms with Crippen molar-refractivity contribution in [2.45, 2.75) is 25.7 Å². The Balaban J connectivity index is 0. The minimum absolute atomic E-state index is 0. The molecule has 1 rings (SSSR count). The molecule has 1 aliphatic heterocycles. The molecule has 0 radical (unpaired) electrons. The van der Waals surface area contributed by atoms with Crippen molar-refractivity contribution < 1.29 is 50.4 Å². The van der Waals surface area contributed by atoms with Crippen molar-refractivity contribution in [2.75, 3.05) is 6.61 Å². The summed E-state index contributed by atoms with van der Waals surface area (Å²) in [5.74, 6) is -1.70. The normalized spacial score (nSPS) is 27.6. The maximum atomic E-state index is 10.3. The van der Waals surface area contributed by atoms with E-state index in [9.17, 15) is 4.79 Å². The van der Waals surface area contributed by atoms with E-state index in [0.29, 0.717) is 0 Å². The SMILES string of the molecule is CC1(C)OC[C@H](C(=O)O)O1.[H-].[Na+]. The van der Waals surface area contributed by atoms with E-state index in [1.54, 1.807) is 13.8 Å². The van der Waals surface area contributed by atoms with Crippen LogP contribution in [0.5, 0.6) is 0 Å². The first-order valence-electron chi connectivity index (χ1n) is 3.06. The fourth-order valence-corrected chi connectivity index (χ4v) is 0.809. The average molecular weight is 170 g/mol. The zero-order chi connectivity index (χ0) is 7.78. The molecule has 0 amide bonds. The van der Waals surface area contributed by atoms with Crippen molar-refractivity contribution in [1.29, 1.82) is 0 Å². The fourth-order valence-electron chi connectivity index (χ4n) is 0.809. The number of carboxylic acids is 1. The third-order valence-corrected chi connectivity index (χ3v) is 1.28. The number of hydrogen-bond acceptors (Lipinski definition) is 3. The summed E-state index contributed by atoms with van der Waals surface area (Å²) in [6.07, 6.45) is -0.796. The van der Waals surface area contributed by atoms with Gasteiger partial charge in [0, 0.05) is 0 Å². The van der Waals surface area contributed by atoms with Crippen LogP contribution >= 0.6 is 0 Å². The van der Waals surface area contributed by atoms with Gasteiger partial charge in [0.1, 0.15) is 0 Å². The maximum Gasteiger partial charge on any atom is 1.00 e. The van der Waals surface area contributed by atoms with Crippen LogP contribution in [0.4, 0.5) is 0 Å². The van der Waals surface area contributed by atoms with Crippen LogP contribution in [0.1, 0.15) is 15.3 Å². The summed E-state index contributed by atoms with van der Waals surface area (Å²) in [6, 6.07) is 0. The van der Waals surface area contributed by atoms with Crippen LogP contribution in [-0.2, 0) is 14.3 Å². The van der Waals surface area contributed by atoms with Crippen LogP contribution < -0.4 is 29.6 Å². The summed E-state index contributed by atoms with van der Waals surface area (Å²) < 4.78 is 10.00. The van der Waals surface area contributed by atoms with Gasteiger partial charge in [0.25, 0.3) is 0 Å². The molecule has 0 aliphatic carbocycles. The Hall–Kier alpha value is 0.390. The molecular weight excluding hydrogens is 159 g/mol. The first-order valence-corrected chi connectivity index (χ1v) is 3.06. The van der Waals surface area contributed by atoms with Crippen LogP contribution in [0.15, 0.2) is 0 Å². The van der Waals surface area contributed by atoms with Crippen LogP contribution in [0, 0.1) is 0 Å². The molecule has 1 atom stereocenters. The molecule has 0 aromatic carbocycles. The number of aliphatic carboxylic acids is 1. The Morgan fingerprint density at radius 1 is 1.73 bits per heavy atom. The first-order chi connectivity index (χ1) is 4.51. The summed E-state index contributed by atoms with van der Waals surface area (Å²) in [6.45, 7) is 3.52. The Bertz CT molecular complexity index is 162.